The molecule has 1 aromatic heterocycles. The van der Waals surface area contributed by atoms with E-state index in [1.54, 1.807) is 22.1 Å². The Balaban J connectivity index is 1.28. The third kappa shape index (κ3) is 3.55. The lowest BCUT2D eigenvalue weighted by Gasteiger charge is -2.48. The molecule has 166 valence electrons. The van der Waals surface area contributed by atoms with E-state index in [1.807, 2.05) is 48.2 Å². The summed E-state index contributed by atoms with van der Waals surface area (Å²) in [6, 6.07) is 13.4. The summed E-state index contributed by atoms with van der Waals surface area (Å²) < 4.78 is 0. The Morgan fingerprint density at radius 3 is 2.69 bits per heavy atom. The zero-order valence-corrected chi connectivity index (χ0v) is 18.4. The molecule has 1 atom stereocenters. The van der Waals surface area contributed by atoms with Gasteiger partial charge in [0.1, 0.15) is 5.66 Å². The molecule has 0 bridgehead atoms. The molecule has 3 heterocycles. The highest BCUT2D eigenvalue weighted by molar-refractivity contribution is 6.10. The first-order valence-corrected chi connectivity index (χ1v) is 11.4. The Morgan fingerprint density at radius 1 is 1.16 bits per heavy atom. The second-order valence-electron chi connectivity index (χ2n) is 9.10. The Bertz CT molecular complexity index is 1050. The van der Waals surface area contributed by atoms with E-state index in [0.717, 1.165) is 18.5 Å². The summed E-state index contributed by atoms with van der Waals surface area (Å²) >= 11 is 0. The summed E-state index contributed by atoms with van der Waals surface area (Å²) in [7, 11) is 0. The summed E-state index contributed by atoms with van der Waals surface area (Å²) in [6.45, 7) is 2.94. The van der Waals surface area contributed by atoms with Crippen LogP contribution in [0.5, 0.6) is 0 Å². The van der Waals surface area contributed by atoms with Gasteiger partial charge in [-0.15, -0.1) is 0 Å². The zero-order valence-electron chi connectivity index (χ0n) is 18.4. The van der Waals surface area contributed by atoms with E-state index in [2.05, 4.69) is 4.98 Å². The molecule has 3 amide bonds. The molecule has 1 saturated heterocycles. The molecule has 0 spiro atoms. The van der Waals surface area contributed by atoms with Gasteiger partial charge in [-0.1, -0.05) is 18.2 Å². The van der Waals surface area contributed by atoms with Crippen LogP contribution < -0.4 is 4.90 Å². The number of para-hydroxylation sites is 1. The van der Waals surface area contributed by atoms with Gasteiger partial charge in [-0.3, -0.25) is 24.3 Å². The third-order valence-corrected chi connectivity index (χ3v) is 6.88. The number of rotatable bonds is 7. The second-order valence-corrected chi connectivity index (χ2v) is 9.10. The van der Waals surface area contributed by atoms with Crippen LogP contribution in [-0.4, -0.2) is 50.8 Å². The molecule has 2 fully saturated rings. The van der Waals surface area contributed by atoms with Crippen LogP contribution in [0.25, 0.3) is 0 Å². The molecular formula is C25H28N4O3. The van der Waals surface area contributed by atoms with E-state index in [9.17, 15) is 14.4 Å². The number of carbonyl (C=O) groups excluding carboxylic acids is 3. The smallest absolute Gasteiger partial charge is 0.257 e. The predicted octanol–water partition coefficient (Wildman–Crippen LogP) is 3.35. The first-order chi connectivity index (χ1) is 15.5. The number of aromatic nitrogens is 1. The Kier molecular flexibility index (Phi) is 5.19. The lowest BCUT2D eigenvalue weighted by Crippen LogP contribution is -2.62. The molecular weight excluding hydrogens is 404 g/mol. The summed E-state index contributed by atoms with van der Waals surface area (Å²) in [6.07, 6.45) is 5.79. The number of nitrogens with zero attached hydrogens (tertiary/aromatic N) is 4. The average Bonchev–Trinajstić information content (AvgIpc) is 3.59. The summed E-state index contributed by atoms with van der Waals surface area (Å²) in [5.74, 6) is 0.0883. The van der Waals surface area contributed by atoms with Gasteiger partial charge in [0.2, 0.25) is 11.8 Å². The highest BCUT2D eigenvalue weighted by Crippen LogP contribution is 2.44. The highest BCUT2D eigenvalue weighted by atomic mass is 16.2. The highest BCUT2D eigenvalue weighted by Gasteiger charge is 2.52. The van der Waals surface area contributed by atoms with Crippen LogP contribution in [0.3, 0.4) is 0 Å². The number of pyridine rings is 1. The Labute approximate surface area is 188 Å². The molecule has 7 nitrogen and oxygen atoms in total. The molecule has 2 aromatic rings. The fraction of sp³-hybridized carbons (Fsp3) is 0.440. The van der Waals surface area contributed by atoms with Gasteiger partial charge in [-0.25, -0.2) is 0 Å². The number of fused-ring (bicyclic) bond motifs is 3. The lowest BCUT2D eigenvalue weighted by atomic mass is 9.98. The normalized spacial score (nSPS) is 22.0. The molecule has 5 rings (SSSR count). The van der Waals surface area contributed by atoms with Gasteiger partial charge in [0.25, 0.3) is 5.91 Å². The van der Waals surface area contributed by atoms with Crippen LogP contribution in [0.4, 0.5) is 5.69 Å². The van der Waals surface area contributed by atoms with E-state index in [1.165, 1.54) is 0 Å². The fourth-order valence-electron chi connectivity index (χ4n) is 5.05. The number of anilines is 1. The fourth-order valence-corrected chi connectivity index (χ4v) is 5.05. The van der Waals surface area contributed by atoms with Crippen LogP contribution in [0.1, 0.15) is 61.5 Å². The van der Waals surface area contributed by atoms with E-state index < -0.39 is 5.66 Å². The van der Waals surface area contributed by atoms with Crippen molar-refractivity contribution in [2.45, 2.75) is 63.7 Å². The minimum absolute atomic E-state index is 0.0452. The summed E-state index contributed by atoms with van der Waals surface area (Å²) in [5.41, 5.74) is 1.48. The molecule has 2 aliphatic heterocycles. The molecule has 1 aromatic carbocycles. The van der Waals surface area contributed by atoms with Crippen molar-refractivity contribution in [3.63, 3.8) is 0 Å². The monoisotopic (exact) mass is 432 g/mol. The molecule has 32 heavy (non-hydrogen) atoms. The van der Waals surface area contributed by atoms with Gasteiger partial charge in [0, 0.05) is 31.6 Å². The van der Waals surface area contributed by atoms with Gasteiger partial charge in [0.15, 0.2) is 0 Å². The first-order valence-electron chi connectivity index (χ1n) is 11.4. The van der Waals surface area contributed by atoms with Crippen molar-refractivity contribution in [2.24, 2.45) is 0 Å². The minimum Gasteiger partial charge on any atom is -0.334 e. The maximum Gasteiger partial charge on any atom is 0.257 e. The molecule has 7 heteroatoms. The molecule has 1 unspecified atom stereocenters. The topological polar surface area (TPSA) is 73.8 Å². The van der Waals surface area contributed by atoms with Crippen LogP contribution in [0, 0.1) is 0 Å². The maximum atomic E-state index is 13.3. The maximum absolute atomic E-state index is 13.3. The number of amides is 3. The van der Waals surface area contributed by atoms with E-state index in [-0.39, 0.29) is 17.7 Å². The predicted molar refractivity (Wildman–Crippen MR) is 120 cm³/mol. The quantitative estimate of drug-likeness (QED) is 0.673. The molecule has 0 radical (unpaired) electrons. The van der Waals surface area contributed by atoms with Crippen LogP contribution in [-0.2, 0) is 16.1 Å². The number of benzene rings is 1. The van der Waals surface area contributed by atoms with Gasteiger partial charge in [-0.05, 0) is 56.9 Å². The number of hydrogen-bond acceptors (Lipinski definition) is 4. The van der Waals surface area contributed by atoms with Crippen molar-refractivity contribution in [3.05, 3.63) is 59.9 Å². The van der Waals surface area contributed by atoms with Crippen molar-refractivity contribution in [3.8, 4) is 0 Å². The second kappa shape index (κ2) is 8.04. The molecule has 3 aliphatic rings. The van der Waals surface area contributed by atoms with Crippen molar-refractivity contribution >= 4 is 23.4 Å². The molecule has 1 saturated carbocycles. The van der Waals surface area contributed by atoms with Gasteiger partial charge < -0.3 is 9.80 Å². The van der Waals surface area contributed by atoms with Gasteiger partial charge in [0.05, 0.1) is 23.5 Å². The largest absolute Gasteiger partial charge is 0.334 e. The number of carbonyl (C=O) groups is 3. The van der Waals surface area contributed by atoms with Crippen LogP contribution >= 0.6 is 0 Å². The van der Waals surface area contributed by atoms with E-state index >= 15 is 0 Å². The zero-order chi connectivity index (χ0) is 22.3. The van der Waals surface area contributed by atoms with E-state index in [0.29, 0.717) is 56.1 Å². The molecule has 0 N–H and O–H groups in total. The molecule has 1 aliphatic carbocycles. The van der Waals surface area contributed by atoms with Crippen molar-refractivity contribution in [2.75, 3.05) is 11.4 Å². The number of hydrogen-bond donors (Lipinski definition) is 0. The average molecular weight is 433 g/mol. The van der Waals surface area contributed by atoms with Crippen molar-refractivity contribution < 1.29 is 14.4 Å². The third-order valence-electron chi connectivity index (χ3n) is 6.88. The minimum atomic E-state index is -0.671. The van der Waals surface area contributed by atoms with Crippen molar-refractivity contribution in [1.82, 2.24) is 14.8 Å². The van der Waals surface area contributed by atoms with Crippen LogP contribution in [0.15, 0.2) is 48.7 Å². The Hall–Kier alpha value is -3.22. The Morgan fingerprint density at radius 2 is 1.94 bits per heavy atom. The first kappa shape index (κ1) is 20.7. The summed E-state index contributed by atoms with van der Waals surface area (Å²) in [5, 5.41) is 0. The standard InChI is InChI=1S/C25H28N4O3/c1-25-14-13-23(31)29(25)21-9-3-2-8-20(21)24(32)28(25)16-6-10-22(30)27(19-11-12-19)17-18-7-4-5-15-26-18/h2-5,7-9,15,19H,6,10-14,16-17H2,1H3. The van der Waals surface area contributed by atoms with Crippen molar-refractivity contribution in [1.29, 1.82) is 0 Å². The van der Waals surface area contributed by atoms with Gasteiger partial charge in [-0.2, -0.15) is 0 Å². The van der Waals surface area contributed by atoms with Crippen LogP contribution in [0.2, 0.25) is 0 Å². The summed E-state index contributed by atoms with van der Waals surface area (Å²) in [4.78, 5) is 48.9. The van der Waals surface area contributed by atoms with E-state index in [4.69, 9.17) is 0 Å². The SMILES string of the molecule is CC12CCC(=O)N1c1ccccc1C(=O)N2CCCC(=O)N(Cc1ccccn1)C1CC1. The van der Waals surface area contributed by atoms with Gasteiger partial charge >= 0.3 is 0 Å². The lowest BCUT2D eigenvalue weighted by molar-refractivity contribution is -0.132.